The Morgan fingerprint density at radius 1 is 1.43 bits per heavy atom. The topological polar surface area (TPSA) is 97.2 Å². The lowest BCUT2D eigenvalue weighted by Crippen LogP contribution is -2.15. The smallest absolute Gasteiger partial charge is 0.231 e. The molecule has 4 aromatic rings. The highest BCUT2D eigenvalue weighted by Gasteiger charge is 2.43. The van der Waals surface area contributed by atoms with Crippen LogP contribution in [0.5, 0.6) is 5.75 Å². The van der Waals surface area contributed by atoms with Gasteiger partial charge >= 0.3 is 0 Å². The number of carbonyl (C=O) groups is 1. The second-order valence-corrected chi connectivity index (χ2v) is 7.31. The van der Waals surface area contributed by atoms with E-state index in [2.05, 4.69) is 25.5 Å². The zero-order chi connectivity index (χ0) is 21.0. The van der Waals surface area contributed by atoms with Gasteiger partial charge in [-0.25, -0.2) is 13.8 Å². The van der Waals surface area contributed by atoms with Crippen LogP contribution in [0.4, 0.5) is 14.6 Å². The summed E-state index contributed by atoms with van der Waals surface area (Å²) in [5, 5.41) is 9.72. The maximum absolute atomic E-state index is 14.9. The number of nitrogens with one attached hydrogen (secondary N) is 2. The summed E-state index contributed by atoms with van der Waals surface area (Å²) in [6.45, 7) is 2.00. The molecule has 3 aromatic heterocycles. The number of hydrogen-bond acceptors (Lipinski definition) is 5. The maximum Gasteiger partial charge on any atom is 0.231 e. The summed E-state index contributed by atoms with van der Waals surface area (Å²) in [7, 11) is 0. The first kappa shape index (κ1) is 18.7. The SMILES string of the molecule is CCOc1c(F)c(Cl)c(-c2cn3cc(NC(=O)[C@@H]4C[C@@H]4F)nc3cn2)c2cn[nH]c12. The number of rotatable bonds is 5. The van der Waals surface area contributed by atoms with Crippen LogP contribution in [0.1, 0.15) is 13.3 Å². The fourth-order valence-electron chi connectivity index (χ4n) is 3.36. The van der Waals surface area contributed by atoms with E-state index in [-0.39, 0.29) is 29.6 Å². The van der Waals surface area contributed by atoms with Gasteiger partial charge in [-0.1, -0.05) is 11.6 Å². The molecule has 0 unspecified atom stereocenters. The van der Waals surface area contributed by atoms with Crippen LogP contribution in [0.25, 0.3) is 27.8 Å². The number of nitrogens with zero attached hydrogens (tertiary/aromatic N) is 4. The molecule has 0 saturated heterocycles. The average molecular weight is 433 g/mol. The van der Waals surface area contributed by atoms with Crippen LogP contribution in [-0.2, 0) is 4.79 Å². The molecule has 11 heteroatoms. The molecule has 1 aliphatic rings. The van der Waals surface area contributed by atoms with Crippen LogP contribution < -0.4 is 10.1 Å². The average Bonchev–Trinajstić information content (AvgIpc) is 3.11. The van der Waals surface area contributed by atoms with Gasteiger partial charge in [0.25, 0.3) is 0 Å². The van der Waals surface area contributed by atoms with Crippen molar-refractivity contribution in [2.45, 2.75) is 19.5 Å². The molecule has 154 valence electrons. The first-order valence-corrected chi connectivity index (χ1v) is 9.62. The third-order valence-electron chi connectivity index (χ3n) is 4.93. The molecule has 2 atom stereocenters. The lowest BCUT2D eigenvalue weighted by molar-refractivity contribution is -0.117. The Kier molecular flexibility index (Phi) is 4.31. The van der Waals surface area contributed by atoms with E-state index in [0.717, 1.165) is 0 Å². The van der Waals surface area contributed by atoms with Gasteiger partial charge in [0, 0.05) is 17.1 Å². The van der Waals surface area contributed by atoms with Gasteiger partial charge < -0.3 is 14.5 Å². The van der Waals surface area contributed by atoms with Crippen molar-refractivity contribution in [1.82, 2.24) is 24.6 Å². The molecular formula is C19H15ClF2N6O2. The number of aromatic nitrogens is 5. The van der Waals surface area contributed by atoms with E-state index in [4.69, 9.17) is 16.3 Å². The zero-order valence-electron chi connectivity index (χ0n) is 15.6. The number of benzene rings is 1. The molecule has 3 heterocycles. The minimum atomic E-state index is -1.09. The van der Waals surface area contributed by atoms with Gasteiger partial charge in [-0.05, 0) is 13.3 Å². The van der Waals surface area contributed by atoms with Gasteiger partial charge in [0.1, 0.15) is 11.7 Å². The summed E-state index contributed by atoms with van der Waals surface area (Å²) in [6.07, 6.45) is 5.31. The van der Waals surface area contributed by atoms with Crippen LogP contribution in [0, 0.1) is 11.7 Å². The Morgan fingerprint density at radius 2 is 2.23 bits per heavy atom. The van der Waals surface area contributed by atoms with E-state index in [0.29, 0.717) is 27.8 Å². The first-order chi connectivity index (χ1) is 14.5. The molecule has 30 heavy (non-hydrogen) atoms. The number of alkyl halides is 1. The van der Waals surface area contributed by atoms with Gasteiger partial charge in [0.2, 0.25) is 5.91 Å². The molecule has 5 rings (SSSR count). The van der Waals surface area contributed by atoms with Crippen LogP contribution in [0.3, 0.4) is 0 Å². The Hall–Kier alpha value is -3.27. The molecule has 1 aliphatic carbocycles. The van der Waals surface area contributed by atoms with Crippen molar-refractivity contribution < 1.29 is 18.3 Å². The summed E-state index contributed by atoms with van der Waals surface area (Å²) in [5.41, 5.74) is 1.55. The molecule has 8 nitrogen and oxygen atoms in total. The van der Waals surface area contributed by atoms with Crippen molar-refractivity contribution in [2.24, 2.45) is 5.92 Å². The quantitative estimate of drug-likeness (QED) is 0.500. The first-order valence-electron chi connectivity index (χ1n) is 9.24. The molecule has 1 aromatic carbocycles. The number of anilines is 1. The van der Waals surface area contributed by atoms with E-state index < -0.39 is 23.8 Å². The Bertz CT molecular complexity index is 1300. The van der Waals surface area contributed by atoms with Crippen LogP contribution in [0.2, 0.25) is 5.02 Å². The standard InChI is InChI=1S/C19H15ClF2N6O2/c1-2-30-18-16(22)15(20)14(9-4-24-27-17(9)18)11-6-28-7-12(25-13(28)5-23-11)26-19(29)8-3-10(8)21/h4-8,10H,2-3H2,1H3,(H,24,27)(H,26,29)/t8-,10+/m1/s1. The highest BCUT2D eigenvalue weighted by atomic mass is 35.5. The normalized spacial score (nSPS) is 18.1. The van der Waals surface area contributed by atoms with Gasteiger partial charge in [-0.3, -0.25) is 14.9 Å². The number of fused-ring (bicyclic) bond motifs is 2. The van der Waals surface area contributed by atoms with E-state index in [9.17, 15) is 13.6 Å². The highest BCUT2D eigenvalue weighted by Crippen LogP contribution is 2.41. The predicted molar refractivity (Wildman–Crippen MR) is 106 cm³/mol. The number of hydrogen-bond donors (Lipinski definition) is 2. The molecule has 0 spiro atoms. The molecular weight excluding hydrogens is 418 g/mol. The second kappa shape index (κ2) is 6.91. The molecule has 1 fully saturated rings. The van der Waals surface area contributed by atoms with E-state index in [1.165, 1.54) is 12.4 Å². The molecule has 2 N–H and O–H groups in total. The molecule has 0 aliphatic heterocycles. The van der Waals surface area contributed by atoms with E-state index >= 15 is 0 Å². The van der Waals surface area contributed by atoms with Crippen molar-refractivity contribution in [2.75, 3.05) is 11.9 Å². The Morgan fingerprint density at radius 3 is 2.97 bits per heavy atom. The van der Waals surface area contributed by atoms with E-state index in [1.807, 2.05) is 0 Å². The number of H-pyrrole nitrogens is 1. The van der Waals surface area contributed by atoms with Gasteiger partial charge in [-0.15, -0.1) is 0 Å². The molecule has 1 amide bonds. The summed E-state index contributed by atoms with van der Waals surface area (Å²) >= 11 is 6.33. The van der Waals surface area contributed by atoms with Crippen molar-refractivity contribution in [3.05, 3.63) is 35.6 Å². The van der Waals surface area contributed by atoms with Crippen LogP contribution >= 0.6 is 11.6 Å². The molecule has 0 radical (unpaired) electrons. The largest absolute Gasteiger partial charge is 0.489 e. The summed E-state index contributed by atoms with van der Waals surface area (Å²) < 4.78 is 35.0. The van der Waals surface area contributed by atoms with Gasteiger partial charge in [0.15, 0.2) is 23.0 Å². The van der Waals surface area contributed by atoms with Crippen molar-refractivity contribution in [3.63, 3.8) is 0 Å². The minimum absolute atomic E-state index is 0.00120. The van der Waals surface area contributed by atoms with E-state index in [1.54, 1.807) is 23.7 Å². The summed E-state index contributed by atoms with van der Waals surface area (Å²) in [5.74, 6) is -1.47. The van der Waals surface area contributed by atoms with Gasteiger partial charge in [-0.2, -0.15) is 5.10 Å². The van der Waals surface area contributed by atoms with Crippen molar-refractivity contribution in [1.29, 1.82) is 0 Å². The monoisotopic (exact) mass is 432 g/mol. The fourth-order valence-corrected chi connectivity index (χ4v) is 3.64. The number of imidazole rings is 1. The number of amides is 1. The number of carbonyl (C=O) groups excluding carboxylic acids is 1. The lowest BCUT2D eigenvalue weighted by atomic mass is 10.1. The second-order valence-electron chi connectivity index (χ2n) is 6.94. The zero-order valence-corrected chi connectivity index (χ0v) is 16.4. The Labute approximate surface area is 173 Å². The van der Waals surface area contributed by atoms with Crippen LogP contribution in [0.15, 0.2) is 24.8 Å². The molecule has 1 saturated carbocycles. The maximum atomic E-state index is 14.9. The summed E-state index contributed by atoms with van der Waals surface area (Å²) in [4.78, 5) is 20.5. The number of halogens is 3. The molecule has 0 bridgehead atoms. The third-order valence-corrected chi connectivity index (χ3v) is 5.29. The van der Waals surface area contributed by atoms with Crippen molar-refractivity contribution >= 4 is 39.9 Å². The summed E-state index contributed by atoms with van der Waals surface area (Å²) in [6, 6.07) is 0. The predicted octanol–water partition coefficient (Wildman–Crippen LogP) is 3.76. The Balaban J connectivity index is 1.57. The van der Waals surface area contributed by atoms with Crippen molar-refractivity contribution in [3.8, 4) is 17.0 Å². The minimum Gasteiger partial charge on any atom is -0.489 e. The number of aromatic amines is 1. The van der Waals surface area contributed by atoms with Crippen LogP contribution in [-0.4, -0.2) is 43.3 Å². The lowest BCUT2D eigenvalue weighted by Gasteiger charge is -2.12. The third kappa shape index (κ3) is 2.95. The highest BCUT2D eigenvalue weighted by molar-refractivity contribution is 6.35. The number of ether oxygens (including phenoxy) is 1. The fraction of sp³-hybridized carbons (Fsp3) is 0.263. The van der Waals surface area contributed by atoms with Gasteiger partial charge in [0.05, 0.1) is 41.8 Å².